The Balaban J connectivity index is 1.24. The summed E-state index contributed by atoms with van der Waals surface area (Å²) < 4.78 is 2.81. The Morgan fingerprint density at radius 3 is 2.55 bits per heavy atom. The lowest BCUT2D eigenvalue weighted by atomic mass is 9.53. The fourth-order valence-electron chi connectivity index (χ4n) is 7.16. The van der Waals surface area contributed by atoms with Crippen LogP contribution in [0.4, 0.5) is 5.82 Å². The molecule has 3 saturated carbocycles. The lowest BCUT2D eigenvalue weighted by molar-refractivity contribution is -0.0179. The van der Waals surface area contributed by atoms with Crippen LogP contribution in [0.25, 0.3) is 16.9 Å². The van der Waals surface area contributed by atoms with E-state index in [1.165, 1.54) is 57.8 Å². The Kier molecular flexibility index (Phi) is 5.69. The number of nitrogens with one attached hydrogen (secondary N) is 1. The van der Waals surface area contributed by atoms with Gasteiger partial charge >= 0.3 is 0 Å². The first-order valence-corrected chi connectivity index (χ1v) is 13.7. The van der Waals surface area contributed by atoms with Crippen molar-refractivity contribution < 1.29 is 0 Å². The molecule has 6 heteroatoms. The molecule has 4 nitrogen and oxygen atoms in total. The van der Waals surface area contributed by atoms with E-state index in [-0.39, 0.29) is 0 Å². The SMILES string of the molecule is CC1[C@@H]2CCC[C@H]1CC1(CCC(Nc3cc(-c4ccccc4Cl)nc4c(Br)cnn34)CC1)C2. The second-order valence-corrected chi connectivity index (χ2v) is 12.1. The monoisotopic (exact) mass is 526 g/mol. The van der Waals surface area contributed by atoms with Gasteiger partial charge in [-0.15, -0.1) is 0 Å². The molecule has 0 amide bonds. The molecule has 0 saturated heterocycles. The summed E-state index contributed by atoms with van der Waals surface area (Å²) in [5.41, 5.74) is 3.24. The smallest absolute Gasteiger partial charge is 0.172 e. The molecule has 2 heterocycles. The van der Waals surface area contributed by atoms with Crippen molar-refractivity contribution in [1.82, 2.24) is 14.6 Å². The third-order valence-electron chi connectivity index (χ3n) is 9.00. The maximum atomic E-state index is 6.51. The van der Waals surface area contributed by atoms with Crippen molar-refractivity contribution in [2.45, 2.75) is 70.8 Å². The van der Waals surface area contributed by atoms with Gasteiger partial charge in [0.05, 0.1) is 16.4 Å². The number of hydrogen-bond donors (Lipinski definition) is 1. The van der Waals surface area contributed by atoms with Crippen LogP contribution < -0.4 is 5.32 Å². The molecule has 3 aliphatic rings. The van der Waals surface area contributed by atoms with E-state index < -0.39 is 0 Å². The van der Waals surface area contributed by atoms with E-state index in [2.05, 4.69) is 39.3 Å². The molecule has 1 spiro atoms. The quantitative estimate of drug-likeness (QED) is 0.375. The highest BCUT2D eigenvalue weighted by atomic mass is 79.9. The predicted molar refractivity (Wildman–Crippen MR) is 139 cm³/mol. The number of rotatable bonds is 3. The maximum Gasteiger partial charge on any atom is 0.172 e. The lowest BCUT2D eigenvalue weighted by Crippen LogP contribution is -2.44. The van der Waals surface area contributed by atoms with Gasteiger partial charge in [0.25, 0.3) is 0 Å². The molecule has 0 aliphatic heterocycles. The second-order valence-electron chi connectivity index (χ2n) is 10.9. The molecule has 0 radical (unpaired) electrons. The van der Waals surface area contributed by atoms with Crippen molar-refractivity contribution in [2.24, 2.45) is 23.2 Å². The molecule has 2 aromatic heterocycles. The van der Waals surface area contributed by atoms with Crippen LogP contribution in [0.15, 0.2) is 41.0 Å². The molecule has 3 aliphatic carbocycles. The van der Waals surface area contributed by atoms with E-state index in [0.29, 0.717) is 16.5 Å². The van der Waals surface area contributed by atoms with E-state index in [1.807, 2.05) is 35.0 Å². The average molecular weight is 528 g/mol. The molecular formula is C27H32BrClN4. The summed E-state index contributed by atoms with van der Waals surface area (Å²) in [6, 6.07) is 10.5. The van der Waals surface area contributed by atoms with Gasteiger partial charge in [0.2, 0.25) is 0 Å². The molecular weight excluding hydrogens is 496 g/mol. The lowest BCUT2D eigenvalue weighted by Gasteiger charge is -2.53. The van der Waals surface area contributed by atoms with Crippen LogP contribution >= 0.6 is 27.5 Å². The van der Waals surface area contributed by atoms with Crippen LogP contribution in [0, 0.1) is 23.2 Å². The van der Waals surface area contributed by atoms with Gasteiger partial charge in [-0.05, 0) is 83.7 Å². The van der Waals surface area contributed by atoms with Crippen molar-refractivity contribution in [3.8, 4) is 11.3 Å². The van der Waals surface area contributed by atoms with E-state index >= 15 is 0 Å². The first-order valence-electron chi connectivity index (χ1n) is 12.6. The zero-order valence-electron chi connectivity index (χ0n) is 19.2. The van der Waals surface area contributed by atoms with Crippen molar-refractivity contribution in [3.05, 3.63) is 46.0 Å². The van der Waals surface area contributed by atoms with Crippen molar-refractivity contribution in [2.75, 3.05) is 5.32 Å². The Morgan fingerprint density at radius 2 is 1.82 bits per heavy atom. The number of anilines is 1. The molecule has 3 aromatic rings. The fraction of sp³-hybridized carbons (Fsp3) is 0.556. The molecule has 1 unspecified atom stereocenters. The Hall–Kier alpha value is -1.59. The van der Waals surface area contributed by atoms with Crippen LogP contribution in [-0.4, -0.2) is 20.6 Å². The zero-order valence-corrected chi connectivity index (χ0v) is 21.6. The molecule has 33 heavy (non-hydrogen) atoms. The van der Waals surface area contributed by atoms with E-state index in [0.717, 1.165) is 44.9 Å². The Bertz CT molecular complexity index is 1150. The van der Waals surface area contributed by atoms with Gasteiger partial charge in [-0.1, -0.05) is 56.0 Å². The van der Waals surface area contributed by atoms with Gasteiger partial charge in [0.15, 0.2) is 5.65 Å². The molecule has 3 atom stereocenters. The Morgan fingerprint density at radius 1 is 1.09 bits per heavy atom. The van der Waals surface area contributed by atoms with E-state index in [1.54, 1.807) is 0 Å². The number of nitrogens with zero attached hydrogens (tertiary/aromatic N) is 3. The number of halogens is 2. The van der Waals surface area contributed by atoms with Gasteiger partial charge < -0.3 is 5.32 Å². The van der Waals surface area contributed by atoms with Gasteiger partial charge in [-0.3, -0.25) is 0 Å². The first-order chi connectivity index (χ1) is 16.0. The molecule has 3 fully saturated rings. The topological polar surface area (TPSA) is 42.2 Å². The Labute approximate surface area is 209 Å². The average Bonchev–Trinajstić information content (AvgIpc) is 3.18. The summed E-state index contributed by atoms with van der Waals surface area (Å²) in [4.78, 5) is 4.86. The largest absolute Gasteiger partial charge is 0.367 e. The van der Waals surface area contributed by atoms with Crippen LogP contribution in [0.1, 0.15) is 64.7 Å². The summed E-state index contributed by atoms with van der Waals surface area (Å²) in [7, 11) is 0. The normalized spacial score (nSPS) is 31.7. The van der Waals surface area contributed by atoms with Crippen molar-refractivity contribution in [1.29, 1.82) is 0 Å². The molecule has 1 N–H and O–H groups in total. The van der Waals surface area contributed by atoms with E-state index in [9.17, 15) is 0 Å². The highest BCUT2D eigenvalue weighted by Crippen LogP contribution is 2.57. The number of benzene rings is 1. The van der Waals surface area contributed by atoms with Crippen LogP contribution in [0.2, 0.25) is 5.02 Å². The third kappa shape index (κ3) is 3.99. The number of hydrogen-bond acceptors (Lipinski definition) is 3. The van der Waals surface area contributed by atoms with Crippen LogP contribution in [0.5, 0.6) is 0 Å². The van der Waals surface area contributed by atoms with Crippen LogP contribution in [-0.2, 0) is 0 Å². The molecule has 6 rings (SSSR count). The summed E-state index contributed by atoms with van der Waals surface area (Å²) in [5.74, 6) is 3.89. The van der Waals surface area contributed by atoms with Crippen molar-refractivity contribution in [3.63, 3.8) is 0 Å². The molecule has 2 bridgehead atoms. The minimum Gasteiger partial charge on any atom is -0.367 e. The summed E-state index contributed by atoms with van der Waals surface area (Å²) >= 11 is 10.1. The van der Waals surface area contributed by atoms with E-state index in [4.69, 9.17) is 16.6 Å². The first kappa shape index (κ1) is 21.9. The van der Waals surface area contributed by atoms with Crippen molar-refractivity contribution >= 4 is 39.0 Å². The summed E-state index contributed by atoms with van der Waals surface area (Å²) in [6.07, 6.45) is 14.4. The van der Waals surface area contributed by atoms with Gasteiger partial charge in [-0.2, -0.15) is 9.61 Å². The highest BCUT2D eigenvalue weighted by molar-refractivity contribution is 9.10. The minimum absolute atomic E-state index is 0.475. The fourth-order valence-corrected chi connectivity index (χ4v) is 7.74. The van der Waals surface area contributed by atoms with Gasteiger partial charge in [0.1, 0.15) is 5.82 Å². The third-order valence-corrected chi connectivity index (χ3v) is 9.89. The summed E-state index contributed by atoms with van der Waals surface area (Å²) in [5, 5.41) is 9.14. The van der Waals surface area contributed by atoms with Crippen LogP contribution in [0.3, 0.4) is 0 Å². The standard InChI is InChI=1S/C27H32BrClN4/c1-17-18-5-4-6-19(17)15-27(14-18)11-9-20(10-12-27)31-25-13-24(21-7-2-3-8-23(21)29)32-26-22(28)16-30-33(25)26/h2-3,7-8,13,16-20,31H,4-6,9-12,14-15H2,1H3/t17?,18-,19+,20?,27?. The number of fused-ring (bicyclic) bond motifs is 3. The minimum atomic E-state index is 0.475. The molecule has 1 aromatic carbocycles. The maximum absolute atomic E-state index is 6.51. The van der Waals surface area contributed by atoms with Gasteiger partial charge in [0, 0.05) is 22.7 Å². The second kappa shape index (κ2) is 8.57. The van der Waals surface area contributed by atoms with Gasteiger partial charge in [-0.25, -0.2) is 4.98 Å². The summed E-state index contributed by atoms with van der Waals surface area (Å²) in [6.45, 7) is 2.53. The zero-order chi connectivity index (χ0) is 22.6. The highest BCUT2D eigenvalue weighted by Gasteiger charge is 2.47. The predicted octanol–water partition coefficient (Wildman–Crippen LogP) is 8.00. The number of aromatic nitrogens is 3. The molecule has 174 valence electrons.